The largest absolute Gasteiger partial charge is 0.457 e. The molecule has 6 heteroatoms. The first-order chi connectivity index (χ1) is 9.69. The van der Waals surface area contributed by atoms with E-state index in [9.17, 15) is 4.79 Å². The van der Waals surface area contributed by atoms with Gasteiger partial charge < -0.3 is 19.4 Å². The SMILES string of the molecule is COCCN1CCC(CNC(=O)c2coc(Br)c2)CC1. The highest BCUT2D eigenvalue weighted by Gasteiger charge is 2.19. The van der Waals surface area contributed by atoms with Crippen molar-refractivity contribution in [2.24, 2.45) is 5.92 Å². The molecule has 5 nitrogen and oxygen atoms in total. The van der Waals surface area contributed by atoms with E-state index in [2.05, 4.69) is 26.1 Å². The molecule has 0 aliphatic carbocycles. The molecule has 1 aromatic heterocycles. The van der Waals surface area contributed by atoms with Gasteiger partial charge in [0.1, 0.15) is 6.26 Å². The van der Waals surface area contributed by atoms with Crippen molar-refractivity contribution in [1.82, 2.24) is 10.2 Å². The fourth-order valence-electron chi connectivity index (χ4n) is 2.40. The van der Waals surface area contributed by atoms with Crippen LogP contribution in [0.2, 0.25) is 0 Å². The van der Waals surface area contributed by atoms with E-state index >= 15 is 0 Å². The second kappa shape index (κ2) is 7.81. The van der Waals surface area contributed by atoms with Crippen LogP contribution >= 0.6 is 15.9 Å². The lowest BCUT2D eigenvalue weighted by molar-refractivity contribution is 0.0925. The smallest absolute Gasteiger partial charge is 0.254 e. The van der Waals surface area contributed by atoms with Crippen LogP contribution in [0.1, 0.15) is 23.2 Å². The van der Waals surface area contributed by atoms with Crippen molar-refractivity contribution < 1.29 is 13.9 Å². The van der Waals surface area contributed by atoms with E-state index in [-0.39, 0.29) is 5.91 Å². The molecule has 20 heavy (non-hydrogen) atoms. The normalized spacial score (nSPS) is 17.3. The van der Waals surface area contributed by atoms with Crippen LogP contribution in [0.4, 0.5) is 0 Å². The van der Waals surface area contributed by atoms with Crippen LogP contribution in [0.15, 0.2) is 21.4 Å². The summed E-state index contributed by atoms with van der Waals surface area (Å²) in [5, 5.41) is 2.98. The van der Waals surface area contributed by atoms with Crippen molar-refractivity contribution in [2.75, 3.05) is 39.9 Å². The third kappa shape index (κ3) is 4.61. The summed E-state index contributed by atoms with van der Waals surface area (Å²) in [6.07, 6.45) is 3.71. The zero-order chi connectivity index (χ0) is 14.4. The number of rotatable bonds is 6. The zero-order valence-corrected chi connectivity index (χ0v) is 13.3. The maximum atomic E-state index is 11.9. The number of ether oxygens (including phenoxy) is 1. The fraction of sp³-hybridized carbons (Fsp3) is 0.643. The van der Waals surface area contributed by atoms with Gasteiger partial charge in [-0.15, -0.1) is 0 Å². The molecule has 0 radical (unpaired) electrons. The average molecular weight is 345 g/mol. The highest BCUT2D eigenvalue weighted by atomic mass is 79.9. The lowest BCUT2D eigenvalue weighted by Gasteiger charge is -2.31. The maximum absolute atomic E-state index is 11.9. The average Bonchev–Trinajstić information content (AvgIpc) is 2.90. The highest BCUT2D eigenvalue weighted by Crippen LogP contribution is 2.17. The van der Waals surface area contributed by atoms with Crippen LogP contribution in [-0.2, 0) is 4.74 Å². The Bertz CT molecular complexity index is 428. The minimum absolute atomic E-state index is 0.0683. The topological polar surface area (TPSA) is 54.7 Å². The van der Waals surface area contributed by atoms with Gasteiger partial charge in [0.25, 0.3) is 5.91 Å². The summed E-state index contributed by atoms with van der Waals surface area (Å²) >= 11 is 3.19. The molecule has 0 aromatic carbocycles. The third-order valence-corrected chi connectivity index (χ3v) is 4.12. The van der Waals surface area contributed by atoms with Gasteiger partial charge in [-0.25, -0.2) is 0 Å². The van der Waals surface area contributed by atoms with Crippen LogP contribution in [0.25, 0.3) is 0 Å². The van der Waals surface area contributed by atoms with Gasteiger partial charge >= 0.3 is 0 Å². The number of hydrogen-bond acceptors (Lipinski definition) is 4. The molecule has 2 heterocycles. The van der Waals surface area contributed by atoms with E-state index in [0.717, 1.165) is 45.6 Å². The highest BCUT2D eigenvalue weighted by molar-refractivity contribution is 9.10. The van der Waals surface area contributed by atoms with E-state index in [1.807, 2.05) is 0 Å². The van der Waals surface area contributed by atoms with E-state index in [1.54, 1.807) is 13.2 Å². The third-order valence-electron chi connectivity index (χ3n) is 3.70. The standard InChI is InChI=1S/C14H21BrN2O3/c1-19-7-6-17-4-2-11(3-5-17)9-16-14(18)12-8-13(15)20-10-12/h8,10-11H,2-7,9H2,1H3,(H,16,18). The Hall–Kier alpha value is -0.850. The number of amides is 1. The molecule has 1 aliphatic heterocycles. The van der Waals surface area contributed by atoms with Crippen molar-refractivity contribution in [3.8, 4) is 0 Å². The van der Waals surface area contributed by atoms with Gasteiger partial charge in [0.2, 0.25) is 0 Å². The van der Waals surface area contributed by atoms with Crippen LogP contribution in [0.5, 0.6) is 0 Å². The Kier molecular flexibility index (Phi) is 6.06. The summed E-state index contributed by atoms with van der Waals surface area (Å²) in [6, 6.07) is 1.68. The van der Waals surface area contributed by atoms with E-state index in [4.69, 9.17) is 9.15 Å². The predicted octanol–water partition coefficient (Wildman–Crippen LogP) is 2.13. The molecule has 1 fully saturated rings. The van der Waals surface area contributed by atoms with Crippen LogP contribution in [0, 0.1) is 5.92 Å². The number of carbonyl (C=O) groups is 1. The van der Waals surface area contributed by atoms with Gasteiger partial charge in [-0.1, -0.05) is 0 Å². The predicted molar refractivity (Wildman–Crippen MR) is 79.8 cm³/mol. The van der Waals surface area contributed by atoms with Crippen molar-refractivity contribution in [3.63, 3.8) is 0 Å². The monoisotopic (exact) mass is 344 g/mol. The van der Waals surface area contributed by atoms with E-state index < -0.39 is 0 Å². The summed E-state index contributed by atoms with van der Waals surface area (Å²) in [6.45, 7) is 4.69. The molecule has 0 bridgehead atoms. The number of furan rings is 1. The molecule has 2 rings (SSSR count). The molecule has 112 valence electrons. The van der Waals surface area contributed by atoms with Gasteiger partial charge in [-0.05, 0) is 47.8 Å². The molecule has 0 saturated carbocycles. The number of methoxy groups -OCH3 is 1. The Morgan fingerprint density at radius 1 is 1.55 bits per heavy atom. The zero-order valence-electron chi connectivity index (χ0n) is 11.7. The van der Waals surface area contributed by atoms with Gasteiger partial charge in [-0.3, -0.25) is 4.79 Å². The summed E-state index contributed by atoms with van der Waals surface area (Å²) < 4.78 is 10.7. The first kappa shape index (κ1) is 15.5. The molecule has 0 unspecified atom stereocenters. The maximum Gasteiger partial charge on any atom is 0.254 e. The molecule has 1 aliphatic rings. The molecule has 0 spiro atoms. The first-order valence-corrected chi connectivity index (χ1v) is 7.72. The molecule has 1 N–H and O–H groups in total. The van der Waals surface area contributed by atoms with Gasteiger partial charge in [0.15, 0.2) is 4.67 Å². The second-order valence-electron chi connectivity index (χ2n) is 5.13. The molecular formula is C14H21BrN2O3. The summed E-state index contributed by atoms with van der Waals surface area (Å²) in [5.41, 5.74) is 0.564. The van der Waals surface area contributed by atoms with Gasteiger partial charge in [-0.2, -0.15) is 0 Å². The minimum Gasteiger partial charge on any atom is -0.457 e. The quantitative estimate of drug-likeness (QED) is 0.858. The lowest BCUT2D eigenvalue weighted by atomic mass is 9.97. The number of hydrogen-bond donors (Lipinski definition) is 1. The molecule has 1 amide bonds. The fourth-order valence-corrected chi connectivity index (χ4v) is 2.74. The summed E-state index contributed by atoms with van der Waals surface area (Å²) in [5.74, 6) is 0.495. The van der Waals surface area contributed by atoms with Crippen LogP contribution < -0.4 is 5.32 Å². The summed E-state index contributed by atoms with van der Waals surface area (Å²) in [4.78, 5) is 14.3. The number of piperidine rings is 1. The first-order valence-electron chi connectivity index (χ1n) is 6.92. The number of nitrogens with one attached hydrogen (secondary N) is 1. The molecule has 1 aromatic rings. The van der Waals surface area contributed by atoms with Crippen molar-refractivity contribution in [2.45, 2.75) is 12.8 Å². The summed E-state index contributed by atoms with van der Waals surface area (Å²) in [7, 11) is 1.73. The molecule has 1 saturated heterocycles. The number of nitrogens with zero attached hydrogens (tertiary/aromatic N) is 1. The van der Waals surface area contributed by atoms with E-state index in [0.29, 0.717) is 16.2 Å². The number of carbonyl (C=O) groups excluding carboxylic acids is 1. The second-order valence-corrected chi connectivity index (χ2v) is 5.91. The number of likely N-dealkylation sites (tertiary alicyclic amines) is 1. The Morgan fingerprint density at radius 3 is 2.90 bits per heavy atom. The van der Waals surface area contributed by atoms with Crippen molar-refractivity contribution in [1.29, 1.82) is 0 Å². The van der Waals surface area contributed by atoms with Crippen molar-refractivity contribution >= 4 is 21.8 Å². The van der Waals surface area contributed by atoms with Gasteiger partial charge in [0.05, 0.1) is 12.2 Å². The van der Waals surface area contributed by atoms with E-state index in [1.165, 1.54) is 6.26 Å². The lowest BCUT2D eigenvalue weighted by Crippen LogP contribution is -2.39. The van der Waals surface area contributed by atoms with Crippen molar-refractivity contribution in [3.05, 3.63) is 22.6 Å². The Morgan fingerprint density at radius 2 is 2.30 bits per heavy atom. The van der Waals surface area contributed by atoms with Gasteiger partial charge in [0, 0.05) is 26.3 Å². The Labute approximate surface area is 127 Å². The van der Waals surface area contributed by atoms with Crippen LogP contribution in [-0.4, -0.2) is 50.7 Å². The molecule has 0 atom stereocenters. The Balaban J connectivity index is 1.67. The van der Waals surface area contributed by atoms with Crippen LogP contribution in [0.3, 0.4) is 0 Å². The minimum atomic E-state index is -0.0683. The number of halogens is 1. The molecular weight excluding hydrogens is 324 g/mol.